The van der Waals surface area contributed by atoms with Gasteiger partial charge in [0.15, 0.2) is 5.78 Å². The van der Waals surface area contributed by atoms with Crippen molar-refractivity contribution in [1.29, 1.82) is 0 Å². The number of fused-ring (bicyclic) bond motifs is 1. The van der Waals surface area contributed by atoms with Gasteiger partial charge in [0, 0.05) is 41.8 Å². The minimum absolute atomic E-state index is 0.0740. The molecule has 2 aromatic heterocycles. The lowest BCUT2D eigenvalue weighted by Crippen LogP contribution is -2.50. The molecule has 0 bridgehead atoms. The molecule has 10 nitrogen and oxygen atoms in total. The molecule has 0 aliphatic carbocycles. The number of carbonyl (C=O) groups is 3. The van der Waals surface area contributed by atoms with Gasteiger partial charge in [0.2, 0.25) is 5.91 Å². The number of amides is 2. The first kappa shape index (κ1) is 30.6. The molecule has 218 valence electrons. The minimum atomic E-state index is -1.75. The second-order valence-electron chi connectivity index (χ2n) is 10.9. The van der Waals surface area contributed by atoms with Gasteiger partial charge < -0.3 is 25.7 Å². The fourth-order valence-corrected chi connectivity index (χ4v) is 5.02. The van der Waals surface area contributed by atoms with E-state index >= 15 is 0 Å². The zero-order valence-electron chi connectivity index (χ0n) is 23.7. The fraction of sp³-hybridized carbons (Fsp3) is 0.323. The smallest absolute Gasteiger partial charge is 0.426 e. The summed E-state index contributed by atoms with van der Waals surface area (Å²) in [6.45, 7) is 3.84. The number of hydrogen-bond acceptors (Lipinski definition) is 7. The lowest BCUT2D eigenvalue weighted by atomic mass is 9.74. The molecule has 0 aliphatic rings. The zero-order valence-corrected chi connectivity index (χ0v) is 23.7. The lowest BCUT2D eigenvalue weighted by Gasteiger charge is -2.25. The van der Waals surface area contributed by atoms with E-state index in [9.17, 15) is 24.4 Å². The Morgan fingerprint density at radius 1 is 0.952 bits per heavy atom. The molecule has 5 N–H and O–H groups in total. The summed E-state index contributed by atoms with van der Waals surface area (Å²) in [6.07, 6.45) is 6.61. The number of carbonyl (C=O) groups excluding carboxylic acids is 3. The van der Waals surface area contributed by atoms with Crippen LogP contribution in [0.2, 0.25) is 0 Å². The van der Waals surface area contributed by atoms with Crippen molar-refractivity contribution in [2.24, 2.45) is 11.8 Å². The van der Waals surface area contributed by atoms with Crippen LogP contribution in [0.1, 0.15) is 48.3 Å². The van der Waals surface area contributed by atoms with E-state index in [1.165, 1.54) is 18.6 Å². The summed E-state index contributed by atoms with van der Waals surface area (Å²) in [6, 6.07) is 16.0. The summed E-state index contributed by atoms with van der Waals surface area (Å²) in [4.78, 5) is 51.7. The molecule has 0 aliphatic heterocycles. The first-order chi connectivity index (χ1) is 20.2. The quantitative estimate of drug-likeness (QED) is 0.146. The average molecular weight is 569 g/mol. The van der Waals surface area contributed by atoms with Crippen LogP contribution >= 0.6 is 0 Å². The fourth-order valence-electron chi connectivity index (χ4n) is 5.02. The third-order valence-corrected chi connectivity index (χ3v) is 7.14. The molecule has 0 saturated carbocycles. The number of Topliss-reactive ketones (excluding diaryl/α,β-unsaturated/α-hetero) is 1. The number of aromatic nitrogens is 3. The molecule has 11 heteroatoms. The second kappa shape index (κ2) is 14.5. The Bertz CT molecular complexity index is 1480. The molecule has 0 spiro atoms. The van der Waals surface area contributed by atoms with E-state index in [0.717, 1.165) is 22.0 Å². The van der Waals surface area contributed by atoms with Crippen molar-refractivity contribution in [2.45, 2.75) is 51.5 Å². The highest BCUT2D eigenvalue weighted by Crippen LogP contribution is 2.24. The Morgan fingerprint density at radius 2 is 1.69 bits per heavy atom. The summed E-state index contributed by atoms with van der Waals surface area (Å²) < 4.78 is 0. The Kier molecular flexibility index (Phi) is 10.6. The zero-order chi connectivity index (χ0) is 30.1. The summed E-state index contributed by atoms with van der Waals surface area (Å²) in [5, 5.41) is 26.4. The molecular weight excluding hydrogens is 533 g/mol. The maximum atomic E-state index is 13.9. The van der Waals surface area contributed by atoms with Crippen LogP contribution in [0.5, 0.6) is 0 Å². The van der Waals surface area contributed by atoms with Gasteiger partial charge in [-0.15, -0.1) is 0 Å². The average Bonchev–Trinajstić information content (AvgIpc) is 3.39. The molecule has 2 heterocycles. The molecule has 0 saturated heterocycles. The monoisotopic (exact) mass is 569 g/mol. The van der Waals surface area contributed by atoms with Crippen LogP contribution in [0, 0.1) is 11.8 Å². The van der Waals surface area contributed by atoms with Crippen LogP contribution < -0.4 is 10.6 Å². The number of H-pyrrole nitrogens is 1. The van der Waals surface area contributed by atoms with Crippen molar-refractivity contribution in [1.82, 2.24) is 25.6 Å². The number of hydrogen-bond donors (Lipinski definition) is 5. The Morgan fingerprint density at radius 3 is 2.38 bits per heavy atom. The van der Waals surface area contributed by atoms with E-state index in [4.69, 9.17) is 0 Å². The van der Waals surface area contributed by atoms with Crippen LogP contribution in [0.15, 0.2) is 79.4 Å². The van der Waals surface area contributed by atoms with Crippen LogP contribution in [0.25, 0.3) is 10.9 Å². The van der Waals surface area contributed by atoms with Crippen molar-refractivity contribution >= 4 is 35.6 Å². The Hall–Kier alpha value is -4.35. The van der Waals surface area contributed by atoms with Crippen LogP contribution in [0.4, 0.5) is 0 Å². The third kappa shape index (κ3) is 8.34. The molecular formula is C31H36BN5O5. The van der Waals surface area contributed by atoms with E-state index < -0.39 is 36.8 Å². The SMILES string of the molecule is CC(C)C[C@H](NC(=O)[C@@H](CC(=O)[C@H](Cc1ccccc1)NC(=O)c1cnccn1)Cc1c[nH]c2ccccc12)B(O)O. The summed E-state index contributed by atoms with van der Waals surface area (Å²) >= 11 is 0. The van der Waals surface area contributed by atoms with Crippen LogP contribution in [0.3, 0.4) is 0 Å². The maximum absolute atomic E-state index is 13.9. The molecule has 2 amide bonds. The van der Waals surface area contributed by atoms with Gasteiger partial charge >= 0.3 is 7.12 Å². The van der Waals surface area contributed by atoms with Crippen molar-refractivity contribution in [2.75, 3.05) is 0 Å². The first-order valence-electron chi connectivity index (χ1n) is 14.1. The standard InChI is InChI=1S/C31H36BN5O5/c1-20(2)14-29(32(41)42)37-30(39)22(16-23-18-35-25-11-7-6-10-24(23)25)17-28(38)26(15-21-8-4-3-5-9-21)36-31(40)27-19-33-12-13-34-27/h3-13,18-20,22,26,29,35,41-42H,14-17H2,1-2H3,(H,36,40)(H,37,39)/t22-,26+,29+/m1/s1. The summed E-state index contributed by atoms with van der Waals surface area (Å²) in [5.41, 5.74) is 2.67. The molecule has 4 aromatic rings. The Balaban J connectivity index is 1.61. The lowest BCUT2D eigenvalue weighted by molar-refractivity contribution is -0.130. The van der Waals surface area contributed by atoms with Gasteiger partial charge in [-0.1, -0.05) is 62.4 Å². The van der Waals surface area contributed by atoms with Gasteiger partial charge in [-0.3, -0.25) is 19.4 Å². The number of ketones is 1. The predicted octanol–water partition coefficient (Wildman–Crippen LogP) is 2.66. The van der Waals surface area contributed by atoms with Crippen molar-refractivity contribution in [3.63, 3.8) is 0 Å². The number of nitrogens with zero attached hydrogens (tertiary/aromatic N) is 2. The molecule has 4 rings (SSSR count). The van der Waals surface area contributed by atoms with E-state index in [1.807, 2.05) is 74.6 Å². The van der Waals surface area contributed by atoms with Gasteiger partial charge in [-0.05, 0) is 42.4 Å². The number of benzene rings is 2. The van der Waals surface area contributed by atoms with Crippen molar-refractivity contribution in [3.8, 4) is 0 Å². The van der Waals surface area contributed by atoms with E-state index in [1.54, 1.807) is 0 Å². The van der Waals surface area contributed by atoms with Gasteiger partial charge in [0.25, 0.3) is 5.91 Å². The molecule has 0 fully saturated rings. The highest BCUT2D eigenvalue weighted by atomic mass is 16.4. The number of para-hydroxylation sites is 1. The van der Waals surface area contributed by atoms with Gasteiger partial charge in [0.05, 0.1) is 18.2 Å². The third-order valence-electron chi connectivity index (χ3n) is 7.14. The van der Waals surface area contributed by atoms with Gasteiger partial charge in [-0.25, -0.2) is 4.98 Å². The van der Waals surface area contributed by atoms with Gasteiger partial charge in [-0.2, -0.15) is 0 Å². The predicted molar refractivity (Wildman–Crippen MR) is 160 cm³/mol. The van der Waals surface area contributed by atoms with E-state index in [-0.39, 0.29) is 36.7 Å². The molecule has 0 unspecified atom stereocenters. The highest BCUT2D eigenvalue weighted by molar-refractivity contribution is 6.43. The van der Waals surface area contributed by atoms with Crippen molar-refractivity contribution in [3.05, 3.63) is 96.2 Å². The normalized spacial score (nSPS) is 13.4. The highest BCUT2D eigenvalue weighted by Gasteiger charge is 2.33. The summed E-state index contributed by atoms with van der Waals surface area (Å²) in [7, 11) is -1.75. The number of nitrogens with one attached hydrogen (secondary N) is 3. The molecule has 42 heavy (non-hydrogen) atoms. The molecule has 3 atom stereocenters. The number of rotatable bonds is 14. The number of aromatic amines is 1. The van der Waals surface area contributed by atoms with E-state index in [2.05, 4.69) is 25.6 Å². The molecule has 2 aromatic carbocycles. The van der Waals surface area contributed by atoms with Gasteiger partial charge in [0.1, 0.15) is 5.69 Å². The summed E-state index contributed by atoms with van der Waals surface area (Å²) in [5.74, 6) is -2.98. The van der Waals surface area contributed by atoms with Crippen LogP contribution in [-0.2, 0) is 22.4 Å². The topological polar surface area (TPSA) is 157 Å². The first-order valence-corrected chi connectivity index (χ1v) is 14.1. The van der Waals surface area contributed by atoms with Crippen molar-refractivity contribution < 1.29 is 24.4 Å². The molecule has 0 radical (unpaired) electrons. The largest absolute Gasteiger partial charge is 0.475 e. The van der Waals surface area contributed by atoms with Crippen LogP contribution in [-0.4, -0.2) is 61.7 Å². The van der Waals surface area contributed by atoms with E-state index in [0.29, 0.717) is 6.42 Å². The minimum Gasteiger partial charge on any atom is -0.426 e. The Labute approximate surface area is 245 Å². The maximum Gasteiger partial charge on any atom is 0.475 e. The second-order valence-corrected chi connectivity index (χ2v) is 10.9.